The highest BCUT2D eigenvalue weighted by Gasteiger charge is 2.20. The zero-order chi connectivity index (χ0) is 15.5. The van der Waals surface area contributed by atoms with E-state index in [-0.39, 0.29) is 11.8 Å². The number of carbonyl (C=O) groups is 2. The molecular formula is C17H24N2O2. The Bertz CT molecular complexity index is 544. The minimum Gasteiger partial charge on any atom is -0.355 e. The van der Waals surface area contributed by atoms with Gasteiger partial charge < -0.3 is 10.6 Å². The lowest BCUT2D eigenvalue weighted by molar-refractivity contribution is -0.128. The van der Waals surface area contributed by atoms with E-state index in [1.807, 2.05) is 26.8 Å². The molecular weight excluding hydrogens is 264 g/mol. The molecule has 0 unspecified atom stereocenters. The monoisotopic (exact) mass is 288 g/mol. The summed E-state index contributed by atoms with van der Waals surface area (Å²) in [4.78, 5) is 23.6. The molecule has 0 heterocycles. The fourth-order valence-electron chi connectivity index (χ4n) is 2.43. The zero-order valence-corrected chi connectivity index (χ0v) is 13.1. The fourth-order valence-corrected chi connectivity index (χ4v) is 2.43. The van der Waals surface area contributed by atoms with Crippen molar-refractivity contribution in [1.29, 1.82) is 0 Å². The first-order chi connectivity index (χ1) is 9.86. The van der Waals surface area contributed by atoms with Crippen molar-refractivity contribution in [3.63, 3.8) is 0 Å². The molecule has 21 heavy (non-hydrogen) atoms. The second kappa shape index (κ2) is 6.29. The van der Waals surface area contributed by atoms with Gasteiger partial charge in [0.05, 0.1) is 0 Å². The Morgan fingerprint density at radius 2 is 1.86 bits per heavy atom. The Balaban J connectivity index is 1.79. The van der Waals surface area contributed by atoms with Gasteiger partial charge in [-0.2, -0.15) is 0 Å². The summed E-state index contributed by atoms with van der Waals surface area (Å²) in [6.45, 7) is 5.93. The standard InChI is InChI=1S/C17H24N2O2/c1-17(2,3)16(21)18-10-9-15(20)19-14-8-7-12-5-4-6-13(12)11-14/h7-8,11H,4-6,9-10H2,1-3H3,(H,18,21)(H,19,20). The molecule has 0 aliphatic heterocycles. The molecule has 0 atom stereocenters. The molecule has 1 aromatic carbocycles. The fraction of sp³-hybridized carbons (Fsp3) is 0.529. The second-order valence-corrected chi connectivity index (χ2v) is 6.64. The highest BCUT2D eigenvalue weighted by molar-refractivity contribution is 5.91. The molecule has 1 aliphatic carbocycles. The molecule has 0 saturated heterocycles. The van der Waals surface area contributed by atoms with Crippen LogP contribution >= 0.6 is 0 Å². The quantitative estimate of drug-likeness (QED) is 0.895. The summed E-state index contributed by atoms with van der Waals surface area (Å²) < 4.78 is 0. The predicted octanol–water partition coefficient (Wildman–Crippen LogP) is 2.67. The maximum Gasteiger partial charge on any atom is 0.226 e. The smallest absolute Gasteiger partial charge is 0.226 e. The number of anilines is 1. The second-order valence-electron chi connectivity index (χ2n) is 6.64. The van der Waals surface area contributed by atoms with Gasteiger partial charge in [-0.25, -0.2) is 0 Å². The number of nitrogens with one attached hydrogen (secondary N) is 2. The first kappa shape index (κ1) is 15.5. The first-order valence-corrected chi connectivity index (χ1v) is 7.56. The van der Waals surface area contributed by atoms with E-state index >= 15 is 0 Å². The van der Waals surface area contributed by atoms with Crippen molar-refractivity contribution in [2.45, 2.75) is 46.5 Å². The molecule has 0 saturated carbocycles. The van der Waals surface area contributed by atoms with Crippen molar-refractivity contribution in [3.8, 4) is 0 Å². The number of fused-ring (bicyclic) bond motifs is 1. The van der Waals surface area contributed by atoms with E-state index in [9.17, 15) is 9.59 Å². The van der Waals surface area contributed by atoms with Gasteiger partial charge in [0, 0.05) is 24.1 Å². The Morgan fingerprint density at radius 3 is 2.57 bits per heavy atom. The highest BCUT2D eigenvalue weighted by Crippen LogP contribution is 2.24. The molecule has 2 amide bonds. The summed E-state index contributed by atoms with van der Waals surface area (Å²) in [5.74, 6) is -0.102. The van der Waals surface area contributed by atoms with Crippen molar-refractivity contribution in [2.75, 3.05) is 11.9 Å². The number of rotatable bonds is 4. The van der Waals surface area contributed by atoms with Gasteiger partial charge in [0.25, 0.3) is 0 Å². The minimum absolute atomic E-state index is 0.0344. The summed E-state index contributed by atoms with van der Waals surface area (Å²) in [5, 5.41) is 5.68. The van der Waals surface area contributed by atoms with Crippen molar-refractivity contribution in [2.24, 2.45) is 5.41 Å². The van der Waals surface area contributed by atoms with Gasteiger partial charge in [-0.3, -0.25) is 9.59 Å². The lowest BCUT2D eigenvalue weighted by atomic mass is 9.96. The van der Waals surface area contributed by atoms with Crippen LogP contribution in [0.5, 0.6) is 0 Å². The topological polar surface area (TPSA) is 58.2 Å². The predicted molar refractivity (Wildman–Crippen MR) is 84.2 cm³/mol. The average Bonchev–Trinajstić information content (AvgIpc) is 2.84. The SMILES string of the molecule is CC(C)(C)C(=O)NCCC(=O)Nc1ccc2c(c1)CCC2. The number of carbonyl (C=O) groups excluding carboxylic acids is 2. The summed E-state index contributed by atoms with van der Waals surface area (Å²) in [5.41, 5.74) is 3.17. The van der Waals surface area contributed by atoms with E-state index in [4.69, 9.17) is 0 Å². The average molecular weight is 288 g/mol. The lowest BCUT2D eigenvalue weighted by Gasteiger charge is -2.17. The van der Waals surface area contributed by atoms with Gasteiger partial charge in [0.15, 0.2) is 0 Å². The Morgan fingerprint density at radius 1 is 1.14 bits per heavy atom. The summed E-state index contributed by atoms with van der Waals surface area (Å²) in [7, 11) is 0. The van der Waals surface area contributed by atoms with E-state index in [1.165, 1.54) is 17.5 Å². The van der Waals surface area contributed by atoms with Crippen LogP contribution in [0.4, 0.5) is 5.69 Å². The summed E-state index contributed by atoms with van der Waals surface area (Å²) in [6, 6.07) is 6.11. The van der Waals surface area contributed by atoms with Crippen LogP contribution in [-0.4, -0.2) is 18.4 Å². The summed E-state index contributed by atoms with van der Waals surface area (Å²) in [6.07, 6.45) is 3.73. The van der Waals surface area contributed by atoms with E-state index in [2.05, 4.69) is 22.8 Å². The first-order valence-electron chi connectivity index (χ1n) is 7.56. The van der Waals surface area contributed by atoms with Crippen LogP contribution in [0.25, 0.3) is 0 Å². The van der Waals surface area contributed by atoms with Gasteiger partial charge in [-0.1, -0.05) is 26.8 Å². The minimum atomic E-state index is -0.420. The molecule has 1 aliphatic rings. The Kier molecular flexibility index (Phi) is 4.66. The van der Waals surface area contributed by atoms with Gasteiger partial charge in [-0.05, 0) is 42.5 Å². The van der Waals surface area contributed by atoms with E-state index in [0.29, 0.717) is 13.0 Å². The Labute approximate surface area is 126 Å². The van der Waals surface area contributed by atoms with Crippen molar-refractivity contribution < 1.29 is 9.59 Å². The largest absolute Gasteiger partial charge is 0.355 e. The number of amides is 2. The van der Waals surface area contributed by atoms with E-state index in [1.54, 1.807) is 0 Å². The van der Waals surface area contributed by atoms with Gasteiger partial charge in [0.1, 0.15) is 0 Å². The van der Waals surface area contributed by atoms with Crippen molar-refractivity contribution >= 4 is 17.5 Å². The third-order valence-electron chi connectivity index (χ3n) is 3.70. The van der Waals surface area contributed by atoms with Gasteiger partial charge in [-0.15, -0.1) is 0 Å². The van der Waals surface area contributed by atoms with E-state index in [0.717, 1.165) is 18.5 Å². The van der Waals surface area contributed by atoms with Crippen molar-refractivity contribution in [3.05, 3.63) is 29.3 Å². The molecule has 114 valence electrons. The van der Waals surface area contributed by atoms with Gasteiger partial charge in [0.2, 0.25) is 11.8 Å². The Hall–Kier alpha value is -1.84. The molecule has 0 spiro atoms. The molecule has 4 heteroatoms. The van der Waals surface area contributed by atoms with Crippen LogP contribution in [0.1, 0.15) is 44.7 Å². The maximum absolute atomic E-state index is 11.9. The van der Waals surface area contributed by atoms with Crippen LogP contribution in [0.3, 0.4) is 0 Å². The third kappa shape index (κ3) is 4.31. The molecule has 2 rings (SSSR count). The van der Waals surface area contributed by atoms with Crippen LogP contribution in [0, 0.1) is 5.41 Å². The molecule has 4 nitrogen and oxygen atoms in total. The number of hydrogen-bond donors (Lipinski definition) is 2. The highest BCUT2D eigenvalue weighted by atomic mass is 16.2. The maximum atomic E-state index is 11.9. The van der Waals surface area contributed by atoms with Crippen molar-refractivity contribution in [1.82, 2.24) is 5.32 Å². The molecule has 1 aromatic rings. The van der Waals surface area contributed by atoms with Crippen LogP contribution in [0.15, 0.2) is 18.2 Å². The molecule has 0 fully saturated rings. The number of benzene rings is 1. The van der Waals surface area contributed by atoms with Crippen LogP contribution in [0.2, 0.25) is 0 Å². The molecule has 0 radical (unpaired) electrons. The normalized spacial score (nSPS) is 13.7. The lowest BCUT2D eigenvalue weighted by Crippen LogP contribution is -2.36. The zero-order valence-electron chi connectivity index (χ0n) is 13.1. The molecule has 0 bridgehead atoms. The number of hydrogen-bond acceptors (Lipinski definition) is 2. The van der Waals surface area contributed by atoms with Gasteiger partial charge >= 0.3 is 0 Å². The summed E-state index contributed by atoms with van der Waals surface area (Å²) >= 11 is 0. The molecule has 2 N–H and O–H groups in total. The van der Waals surface area contributed by atoms with Crippen LogP contribution < -0.4 is 10.6 Å². The number of aryl methyl sites for hydroxylation is 2. The van der Waals surface area contributed by atoms with E-state index < -0.39 is 5.41 Å². The third-order valence-corrected chi connectivity index (χ3v) is 3.70. The molecule has 0 aromatic heterocycles. The van der Waals surface area contributed by atoms with Crippen LogP contribution in [-0.2, 0) is 22.4 Å².